The Labute approximate surface area is 70.4 Å². The standard InChI is InChI=1S/C5H3BrFNO2S/c6-11(9,10)5-1-4(7)2-8-3-5/h1-3H. The van der Waals surface area contributed by atoms with Gasteiger partial charge in [0.25, 0.3) is 0 Å². The molecule has 0 saturated carbocycles. The maximum absolute atomic E-state index is 12.3. The van der Waals surface area contributed by atoms with Gasteiger partial charge in [0.15, 0.2) is 0 Å². The molecule has 0 amide bonds. The zero-order valence-corrected chi connectivity index (χ0v) is 7.56. The van der Waals surface area contributed by atoms with Crippen molar-refractivity contribution in [2.45, 2.75) is 4.90 Å². The Bertz CT molecular complexity index is 365. The topological polar surface area (TPSA) is 47.0 Å². The Hall–Kier alpha value is -0.490. The van der Waals surface area contributed by atoms with Crippen molar-refractivity contribution in [2.75, 3.05) is 0 Å². The molecule has 0 aliphatic rings. The molecule has 1 rings (SSSR count). The molecule has 0 aliphatic carbocycles. The molecule has 0 aliphatic heterocycles. The molecule has 0 atom stereocenters. The van der Waals surface area contributed by atoms with E-state index in [1.54, 1.807) is 0 Å². The SMILES string of the molecule is O=S(=O)(Br)c1cncc(F)c1. The van der Waals surface area contributed by atoms with E-state index < -0.39 is 14.1 Å². The molecule has 11 heavy (non-hydrogen) atoms. The molecule has 0 fully saturated rings. The normalized spacial score (nSPS) is 11.5. The molecular weight excluding hydrogens is 237 g/mol. The number of rotatable bonds is 1. The van der Waals surface area contributed by atoms with Crippen LogP contribution in [0, 0.1) is 5.82 Å². The fourth-order valence-corrected chi connectivity index (χ4v) is 1.50. The summed E-state index contributed by atoms with van der Waals surface area (Å²) in [6.07, 6.45) is 1.99. The maximum Gasteiger partial charge on any atom is 0.239 e. The van der Waals surface area contributed by atoms with Crippen LogP contribution in [0.5, 0.6) is 0 Å². The maximum atomic E-state index is 12.3. The van der Waals surface area contributed by atoms with E-state index in [1.165, 1.54) is 0 Å². The van der Waals surface area contributed by atoms with Gasteiger partial charge < -0.3 is 0 Å². The molecule has 60 valence electrons. The van der Waals surface area contributed by atoms with Crippen LogP contribution < -0.4 is 0 Å². The second-order valence-corrected chi connectivity index (χ2v) is 5.68. The first-order valence-electron chi connectivity index (χ1n) is 2.55. The molecule has 3 nitrogen and oxygen atoms in total. The van der Waals surface area contributed by atoms with Crippen LogP contribution in [0.4, 0.5) is 4.39 Å². The van der Waals surface area contributed by atoms with Crippen LogP contribution in [0.25, 0.3) is 0 Å². The largest absolute Gasteiger partial charge is 0.260 e. The number of pyridine rings is 1. The minimum absolute atomic E-state index is 0.183. The number of nitrogens with zero attached hydrogens (tertiary/aromatic N) is 1. The van der Waals surface area contributed by atoms with Gasteiger partial charge in [-0.2, -0.15) is 0 Å². The molecule has 1 aromatic rings. The third-order valence-corrected chi connectivity index (χ3v) is 2.87. The van der Waals surface area contributed by atoms with Gasteiger partial charge in [0, 0.05) is 6.20 Å². The molecular formula is C5H3BrFNO2S. The number of aromatic nitrogens is 1. The molecule has 0 N–H and O–H groups in total. The highest BCUT2D eigenvalue weighted by Crippen LogP contribution is 2.15. The lowest BCUT2D eigenvalue weighted by molar-refractivity contribution is 0.600. The number of hydrogen-bond donors (Lipinski definition) is 0. The van der Waals surface area contributed by atoms with E-state index in [1.807, 2.05) is 0 Å². The van der Waals surface area contributed by atoms with Gasteiger partial charge in [-0.1, -0.05) is 0 Å². The van der Waals surface area contributed by atoms with Gasteiger partial charge in [-0.05, 0) is 6.07 Å². The van der Waals surface area contributed by atoms with Gasteiger partial charge in [0.05, 0.1) is 25.9 Å². The zero-order valence-electron chi connectivity index (χ0n) is 5.16. The predicted octanol–water partition coefficient (Wildman–Crippen LogP) is 1.30. The molecule has 1 aromatic heterocycles. The average Bonchev–Trinajstić information content (AvgIpc) is 1.86. The lowest BCUT2D eigenvalue weighted by Gasteiger charge is -1.93. The summed E-state index contributed by atoms with van der Waals surface area (Å²) < 4.78 is 33.7. The second-order valence-electron chi connectivity index (χ2n) is 1.78. The van der Waals surface area contributed by atoms with Crippen LogP contribution in [-0.2, 0) is 8.27 Å². The smallest absolute Gasteiger partial charge is 0.239 e. The summed E-state index contributed by atoms with van der Waals surface area (Å²) in [6.45, 7) is 0. The Morgan fingerprint density at radius 3 is 2.45 bits per heavy atom. The summed E-state index contributed by atoms with van der Waals surface area (Å²) >= 11 is 2.39. The van der Waals surface area contributed by atoms with Gasteiger partial charge in [-0.25, -0.2) is 12.8 Å². The van der Waals surface area contributed by atoms with Crippen molar-refractivity contribution in [3.8, 4) is 0 Å². The second kappa shape index (κ2) is 2.86. The van der Waals surface area contributed by atoms with E-state index >= 15 is 0 Å². The lowest BCUT2D eigenvalue weighted by atomic mass is 10.5. The van der Waals surface area contributed by atoms with Crippen LogP contribution in [-0.4, -0.2) is 13.4 Å². The van der Waals surface area contributed by atoms with E-state index in [9.17, 15) is 12.8 Å². The Morgan fingerprint density at radius 2 is 2.09 bits per heavy atom. The van der Waals surface area contributed by atoms with Crippen LogP contribution >= 0.6 is 14.8 Å². The first-order valence-corrected chi connectivity index (χ1v) is 5.88. The summed E-state index contributed by atoms with van der Waals surface area (Å²) in [5.41, 5.74) is 0. The van der Waals surface area contributed by atoms with Crippen molar-refractivity contribution >= 4 is 23.1 Å². The van der Waals surface area contributed by atoms with Crippen LogP contribution in [0.1, 0.15) is 0 Å². The molecule has 0 bridgehead atoms. The molecule has 6 heteroatoms. The fraction of sp³-hybridized carbons (Fsp3) is 0. The summed E-state index contributed by atoms with van der Waals surface area (Å²) in [5, 5.41) is 0. The number of halogens is 2. The van der Waals surface area contributed by atoms with Gasteiger partial charge in [-0.15, -0.1) is 0 Å². The first-order chi connectivity index (χ1) is 5.00. The molecule has 0 saturated heterocycles. The minimum Gasteiger partial charge on any atom is -0.260 e. The predicted molar refractivity (Wildman–Crippen MR) is 40.3 cm³/mol. The van der Waals surface area contributed by atoms with Crippen molar-refractivity contribution in [2.24, 2.45) is 0 Å². The average molecular weight is 240 g/mol. The van der Waals surface area contributed by atoms with Gasteiger partial charge in [0.2, 0.25) is 8.27 Å². The molecule has 0 spiro atoms. The van der Waals surface area contributed by atoms with Crippen LogP contribution in [0.15, 0.2) is 23.4 Å². The van der Waals surface area contributed by atoms with Crippen molar-refractivity contribution < 1.29 is 12.8 Å². The third kappa shape index (κ3) is 2.23. The van der Waals surface area contributed by atoms with Gasteiger partial charge in [0.1, 0.15) is 5.82 Å². The summed E-state index contributed by atoms with van der Waals surface area (Å²) in [4.78, 5) is 3.18. The Kier molecular flexibility index (Phi) is 2.24. The Balaban J connectivity index is 3.28. The van der Waals surface area contributed by atoms with Crippen molar-refractivity contribution in [1.82, 2.24) is 4.98 Å². The quantitative estimate of drug-likeness (QED) is 0.695. The van der Waals surface area contributed by atoms with E-state index in [-0.39, 0.29) is 4.90 Å². The highest BCUT2D eigenvalue weighted by molar-refractivity contribution is 9.47. The highest BCUT2D eigenvalue weighted by atomic mass is 79.9. The van der Waals surface area contributed by atoms with E-state index in [0.29, 0.717) is 0 Å². The molecule has 1 heterocycles. The van der Waals surface area contributed by atoms with Crippen LogP contribution in [0.3, 0.4) is 0 Å². The van der Waals surface area contributed by atoms with Crippen molar-refractivity contribution in [3.63, 3.8) is 0 Å². The molecule has 0 radical (unpaired) electrons. The summed E-state index contributed by atoms with van der Waals surface area (Å²) in [7, 11) is -3.52. The Morgan fingerprint density at radius 1 is 1.45 bits per heavy atom. The number of hydrogen-bond acceptors (Lipinski definition) is 3. The monoisotopic (exact) mass is 239 g/mol. The first kappa shape index (κ1) is 8.61. The molecule has 0 unspecified atom stereocenters. The van der Waals surface area contributed by atoms with Gasteiger partial charge in [-0.3, -0.25) is 4.98 Å². The lowest BCUT2D eigenvalue weighted by Crippen LogP contribution is -1.91. The van der Waals surface area contributed by atoms with Crippen molar-refractivity contribution in [1.29, 1.82) is 0 Å². The van der Waals surface area contributed by atoms with Crippen LogP contribution in [0.2, 0.25) is 0 Å². The minimum atomic E-state index is -3.52. The molecule has 0 aromatic carbocycles. The zero-order chi connectivity index (χ0) is 8.48. The fourth-order valence-electron chi connectivity index (χ4n) is 0.526. The highest BCUT2D eigenvalue weighted by Gasteiger charge is 2.09. The van der Waals surface area contributed by atoms with Gasteiger partial charge >= 0.3 is 0 Å². The van der Waals surface area contributed by atoms with E-state index in [4.69, 9.17) is 0 Å². The van der Waals surface area contributed by atoms with Crippen molar-refractivity contribution in [3.05, 3.63) is 24.3 Å². The summed E-state index contributed by atoms with van der Waals surface area (Å²) in [6, 6.07) is 0.886. The summed E-state index contributed by atoms with van der Waals surface area (Å²) in [5.74, 6) is -0.675. The van der Waals surface area contributed by atoms with E-state index in [0.717, 1.165) is 18.5 Å². The van der Waals surface area contributed by atoms with E-state index in [2.05, 4.69) is 19.8 Å². The third-order valence-electron chi connectivity index (χ3n) is 0.961.